The quantitative estimate of drug-likeness (QED) is 0.339. The van der Waals surface area contributed by atoms with Crippen LogP contribution in [0.5, 0.6) is 0 Å². The number of halogens is 3. The number of hydrogen-bond donors (Lipinski definition) is 2. The van der Waals surface area contributed by atoms with E-state index in [0.29, 0.717) is 52.3 Å². The van der Waals surface area contributed by atoms with E-state index in [0.717, 1.165) is 11.4 Å². The average Bonchev–Trinajstić information content (AvgIpc) is 3.70. The highest BCUT2D eigenvalue weighted by Crippen LogP contribution is 2.34. The van der Waals surface area contributed by atoms with E-state index in [4.69, 9.17) is 4.98 Å². The number of nitrogens with zero attached hydrogens (tertiary/aromatic N) is 8. The fraction of sp³-hybridized carbons (Fsp3) is 0.231. The van der Waals surface area contributed by atoms with E-state index in [1.54, 1.807) is 35.9 Å². The minimum Gasteiger partial charge on any atom is -0.335 e. The normalized spacial score (nSPS) is 15.6. The number of pyridine rings is 3. The van der Waals surface area contributed by atoms with Gasteiger partial charge in [-0.1, -0.05) is 0 Å². The van der Waals surface area contributed by atoms with Crippen molar-refractivity contribution in [3.8, 4) is 28.5 Å². The van der Waals surface area contributed by atoms with Crippen LogP contribution in [0, 0.1) is 12.7 Å². The van der Waals surface area contributed by atoms with Crippen LogP contribution in [0.1, 0.15) is 17.7 Å². The monoisotopic (exact) mass is 530 g/mol. The van der Waals surface area contributed by atoms with Gasteiger partial charge in [0, 0.05) is 43.7 Å². The standard InChI is InChI=1S/C26H21F3N10/c1-14-10-39(13-33-14)19-9-31-7-18-23(19)35-25(34-18)24-20-17(36-37-24)8-32-22(21(20)27)16-4-15(5-30-6-16)11-38-3-2-26(28,29)12-38/h4-10,13H,2-3,11-12H2,1H3,(H,34,35)(H,36,37). The van der Waals surface area contributed by atoms with Crippen molar-refractivity contribution >= 4 is 21.9 Å². The molecule has 7 rings (SSSR count). The van der Waals surface area contributed by atoms with Crippen LogP contribution in [0.2, 0.25) is 0 Å². The molecule has 0 amide bonds. The van der Waals surface area contributed by atoms with Crippen molar-refractivity contribution in [3.63, 3.8) is 0 Å². The van der Waals surface area contributed by atoms with Crippen molar-refractivity contribution in [1.29, 1.82) is 0 Å². The number of rotatable bonds is 5. The lowest BCUT2D eigenvalue weighted by atomic mass is 10.1. The molecule has 0 atom stereocenters. The van der Waals surface area contributed by atoms with Crippen LogP contribution in [0.3, 0.4) is 0 Å². The molecule has 39 heavy (non-hydrogen) atoms. The van der Waals surface area contributed by atoms with E-state index < -0.39 is 11.7 Å². The van der Waals surface area contributed by atoms with Crippen molar-refractivity contribution in [1.82, 2.24) is 49.6 Å². The third-order valence-electron chi connectivity index (χ3n) is 6.86. The number of fused-ring (bicyclic) bond motifs is 2. The number of aryl methyl sites for hydroxylation is 1. The first-order valence-electron chi connectivity index (χ1n) is 12.3. The van der Waals surface area contributed by atoms with E-state index in [2.05, 4.69) is 35.1 Å². The molecule has 13 heteroatoms. The summed E-state index contributed by atoms with van der Waals surface area (Å²) in [6, 6.07) is 1.73. The van der Waals surface area contributed by atoms with Crippen LogP contribution in [0.15, 0.2) is 49.6 Å². The van der Waals surface area contributed by atoms with Crippen LogP contribution in [-0.2, 0) is 6.54 Å². The molecule has 0 bridgehead atoms. The van der Waals surface area contributed by atoms with E-state index >= 15 is 4.39 Å². The maximum atomic E-state index is 16.0. The van der Waals surface area contributed by atoms with Gasteiger partial charge in [0.25, 0.3) is 5.92 Å². The number of imidazole rings is 2. The number of nitrogens with one attached hydrogen (secondary N) is 2. The lowest BCUT2D eigenvalue weighted by molar-refractivity contribution is 0.0115. The van der Waals surface area contributed by atoms with E-state index in [-0.39, 0.29) is 24.0 Å². The Morgan fingerprint density at radius 1 is 1.03 bits per heavy atom. The van der Waals surface area contributed by atoms with Crippen molar-refractivity contribution < 1.29 is 13.2 Å². The Morgan fingerprint density at radius 3 is 2.69 bits per heavy atom. The predicted molar refractivity (Wildman–Crippen MR) is 137 cm³/mol. The molecule has 1 aliphatic heterocycles. The molecular weight excluding hydrogens is 509 g/mol. The van der Waals surface area contributed by atoms with E-state index in [1.807, 2.05) is 17.7 Å². The molecule has 1 saturated heterocycles. The lowest BCUT2D eigenvalue weighted by Gasteiger charge is -2.15. The van der Waals surface area contributed by atoms with Gasteiger partial charge in [-0.05, 0) is 18.6 Å². The summed E-state index contributed by atoms with van der Waals surface area (Å²) in [6.07, 6.45) is 11.3. The highest BCUT2D eigenvalue weighted by molar-refractivity contribution is 5.96. The fourth-order valence-electron chi connectivity index (χ4n) is 5.02. The van der Waals surface area contributed by atoms with Gasteiger partial charge in [-0.25, -0.2) is 23.1 Å². The highest BCUT2D eigenvalue weighted by Gasteiger charge is 2.38. The maximum Gasteiger partial charge on any atom is 0.261 e. The summed E-state index contributed by atoms with van der Waals surface area (Å²) in [5.41, 5.74) is 4.77. The number of alkyl halides is 2. The van der Waals surface area contributed by atoms with Crippen LogP contribution in [0.25, 0.3) is 50.4 Å². The molecule has 0 unspecified atom stereocenters. The van der Waals surface area contributed by atoms with Crippen LogP contribution in [-0.4, -0.2) is 68.6 Å². The van der Waals surface area contributed by atoms with Crippen LogP contribution < -0.4 is 0 Å². The molecule has 1 aliphatic rings. The summed E-state index contributed by atoms with van der Waals surface area (Å²) in [7, 11) is 0. The Morgan fingerprint density at radius 2 is 1.90 bits per heavy atom. The molecule has 0 radical (unpaired) electrons. The second-order valence-corrected chi connectivity index (χ2v) is 9.74. The number of aromatic nitrogens is 9. The molecule has 1 fully saturated rings. The van der Waals surface area contributed by atoms with Crippen LogP contribution >= 0.6 is 0 Å². The lowest BCUT2D eigenvalue weighted by Crippen LogP contribution is -2.24. The Bertz CT molecular complexity index is 1850. The third kappa shape index (κ3) is 4.11. The van der Waals surface area contributed by atoms with E-state index in [9.17, 15) is 8.78 Å². The van der Waals surface area contributed by atoms with Gasteiger partial charge in [0.2, 0.25) is 0 Å². The molecule has 196 valence electrons. The molecule has 0 aromatic carbocycles. The Kier molecular flexibility index (Phi) is 5.23. The highest BCUT2D eigenvalue weighted by atomic mass is 19.3. The van der Waals surface area contributed by atoms with Gasteiger partial charge >= 0.3 is 0 Å². The Hall–Kier alpha value is -4.65. The third-order valence-corrected chi connectivity index (χ3v) is 6.86. The van der Waals surface area contributed by atoms with Gasteiger partial charge in [-0.3, -0.25) is 25.0 Å². The van der Waals surface area contributed by atoms with Crippen molar-refractivity contribution in [2.45, 2.75) is 25.8 Å². The molecule has 7 heterocycles. The molecule has 0 aliphatic carbocycles. The summed E-state index contributed by atoms with van der Waals surface area (Å²) in [5.74, 6) is -2.92. The molecule has 2 N–H and O–H groups in total. The van der Waals surface area contributed by atoms with Gasteiger partial charge in [0.05, 0.1) is 59.3 Å². The average molecular weight is 531 g/mol. The smallest absolute Gasteiger partial charge is 0.261 e. The first-order chi connectivity index (χ1) is 18.8. The summed E-state index contributed by atoms with van der Waals surface area (Å²) in [4.78, 5) is 26.7. The zero-order chi connectivity index (χ0) is 26.7. The maximum absolute atomic E-state index is 16.0. The number of likely N-dealkylation sites (tertiary alicyclic amines) is 1. The second-order valence-electron chi connectivity index (χ2n) is 9.74. The number of hydrogen-bond acceptors (Lipinski definition) is 7. The molecular formula is C26H21F3N10. The molecule has 10 nitrogen and oxygen atoms in total. The summed E-state index contributed by atoms with van der Waals surface area (Å²) in [5, 5.41) is 7.38. The topological polar surface area (TPSA) is 117 Å². The zero-order valence-electron chi connectivity index (χ0n) is 20.7. The zero-order valence-corrected chi connectivity index (χ0v) is 20.7. The van der Waals surface area contributed by atoms with Crippen molar-refractivity contribution in [3.05, 3.63) is 66.6 Å². The minimum atomic E-state index is -2.69. The van der Waals surface area contributed by atoms with Crippen LogP contribution in [0.4, 0.5) is 13.2 Å². The molecule has 0 spiro atoms. The second kappa shape index (κ2) is 8.70. The Balaban J connectivity index is 1.28. The minimum absolute atomic E-state index is 0.0820. The van der Waals surface area contributed by atoms with Crippen molar-refractivity contribution in [2.24, 2.45) is 0 Å². The van der Waals surface area contributed by atoms with E-state index in [1.165, 1.54) is 12.4 Å². The number of aromatic amines is 2. The van der Waals surface area contributed by atoms with Crippen molar-refractivity contribution in [2.75, 3.05) is 13.1 Å². The number of H-pyrrole nitrogens is 2. The first kappa shape index (κ1) is 23.5. The van der Waals surface area contributed by atoms with Gasteiger partial charge in [0.15, 0.2) is 11.6 Å². The molecule has 0 saturated carbocycles. The van der Waals surface area contributed by atoms with Gasteiger partial charge in [0.1, 0.15) is 16.9 Å². The van der Waals surface area contributed by atoms with Gasteiger partial charge in [-0.15, -0.1) is 0 Å². The predicted octanol–water partition coefficient (Wildman–Crippen LogP) is 4.43. The summed E-state index contributed by atoms with van der Waals surface area (Å²) in [6.45, 7) is 2.18. The SMILES string of the molecule is Cc1cn(-c2cncc3[nH]c(-c4n[nH]c5cnc(-c6cncc(CN7CCC(F)(F)C7)c6)c(F)c45)nc23)cn1. The fourth-order valence-corrected chi connectivity index (χ4v) is 5.02. The Labute approximate surface area is 219 Å². The summed E-state index contributed by atoms with van der Waals surface area (Å²) >= 11 is 0. The first-order valence-corrected chi connectivity index (χ1v) is 12.3. The molecule has 6 aromatic rings. The molecule has 6 aromatic heterocycles. The largest absolute Gasteiger partial charge is 0.335 e. The van der Waals surface area contributed by atoms with Gasteiger partial charge < -0.3 is 9.55 Å². The summed E-state index contributed by atoms with van der Waals surface area (Å²) < 4.78 is 45.1. The van der Waals surface area contributed by atoms with Gasteiger partial charge in [-0.2, -0.15) is 5.10 Å².